The molecule has 16 aromatic rings. The topological polar surface area (TPSA) is 48.6 Å². The summed E-state index contributed by atoms with van der Waals surface area (Å²) in [5.74, 6) is 0. The Bertz CT molecular complexity index is 4340. The molecule has 0 aliphatic rings. The van der Waals surface area contributed by atoms with Gasteiger partial charge in [-0.05, 0) is 158 Å². The van der Waals surface area contributed by atoms with Crippen LogP contribution in [0.1, 0.15) is 0 Å². The first-order valence-electron chi connectivity index (χ1n) is 29.2. The van der Waals surface area contributed by atoms with Gasteiger partial charge in [0.15, 0.2) is 0 Å². The Morgan fingerprint density at radius 2 is 0.402 bits per heavy atom. The first-order valence-corrected chi connectivity index (χ1v) is 30.0. The number of nitrogens with zero attached hydrogens (tertiary/aromatic N) is 8. The van der Waals surface area contributed by atoms with Gasteiger partial charge in [-0.1, -0.05) is 170 Å². The van der Waals surface area contributed by atoms with E-state index in [9.17, 15) is 0 Å². The molecule has 0 bridgehead atoms. The van der Waals surface area contributed by atoms with Gasteiger partial charge in [0, 0.05) is 89.8 Å². The number of benzene rings is 13. The zero-order chi connectivity index (χ0) is 57.6. The lowest BCUT2D eigenvalue weighted by Gasteiger charge is -2.26. The van der Waals surface area contributed by atoms with E-state index < -0.39 is 0 Å². The second kappa shape index (κ2) is 21.9. The summed E-state index contributed by atoms with van der Waals surface area (Å²) >= 11 is 1.25. The van der Waals surface area contributed by atoms with Crippen molar-refractivity contribution in [1.82, 2.24) is 17.9 Å². The second-order valence-electron chi connectivity index (χ2n) is 21.6. The van der Waals surface area contributed by atoms with E-state index >= 15 is 0 Å². The van der Waals surface area contributed by atoms with Crippen molar-refractivity contribution in [2.75, 3.05) is 19.6 Å². The van der Waals surface area contributed by atoms with Gasteiger partial charge in [0.25, 0.3) is 0 Å². The number of anilines is 12. The van der Waals surface area contributed by atoms with Crippen molar-refractivity contribution in [3.8, 4) is 11.4 Å². The minimum absolute atomic E-state index is 0.797. The lowest BCUT2D eigenvalue weighted by atomic mass is 10.1. The van der Waals surface area contributed by atoms with Gasteiger partial charge in [-0.15, -0.1) is 0 Å². The number of aromatic nitrogens is 4. The van der Waals surface area contributed by atoms with Crippen molar-refractivity contribution < 1.29 is 0 Å². The van der Waals surface area contributed by atoms with Crippen molar-refractivity contribution in [3.63, 3.8) is 0 Å². The summed E-state index contributed by atoms with van der Waals surface area (Å²) in [5.41, 5.74) is 20.2. The van der Waals surface area contributed by atoms with E-state index in [1.807, 2.05) is 0 Å². The molecule has 0 N–H and O–H groups in total. The predicted molar refractivity (Wildman–Crippen MR) is 365 cm³/mol. The van der Waals surface area contributed by atoms with Crippen LogP contribution < -0.4 is 19.6 Å². The monoisotopic (exact) mass is 1130 g/mol. The molecular formula is C78H54N8S. The highest BCUT2D eigenvalue weighted by atomic mass is 32.1. The van der Waals surface area contributed by atoms with Crippen LogP contribution in [-0.4, -0.2) is 17.9 Å². The molecule has 0 aliphatic carbocycles. The molecule has 0 saturated carbocycles. The van der Waals surface area contributed by atoms with Crippen LogP contribution in [0.2, 0.25) is 0 Å². The number of para-hydroxylation sites is 8. The third-order valence-electron chi connectivity index (χ3n) is 16.5. The van der Waals surface area contributed by atoms with E-state index in [1.54, 1.807) is 0 Å². The fraction of sp³-hybridized carbons (Fsp3) is 0. The average Bonchev–Trinajstić information content (AvgIpc) is 4.27. The summed E-state index contributed by atoms with van der Waals surface area (Å²) in [4.78, 5) is 9.34. The molecule has 0 saturated heterocycles. The minimum Gasteiger partial charge on any atom is -0.310 e. The molecule has 0 amide bonds. The third-order valence-corrected chi connectivity index (χ3v) is 17.0. The standard InChI is InChI=1S/C78H54N8S/c1-9-25-55(26-10-1)81(56-27-11-2-12-28-56)63-41-45-67-68-46-42-64(82(57-29-13-3-14-30-57)58-31-15-4-16-32-58)52-74(68)85(73(67)51-63)71-49-50-72(78-77(71)79-87-80-78)86-75-53-65(83(59-33-17-5-18-34-59)60-35-19-6-20-36-60)43-47-69(75)70-48-44-66(54-76(70)86)84(61-37-21-7-22-38-61)62-39-23-8-24-40-62/h1-54H. The fourth-order valence-corrected chi connectivity index (χ4v) is 13.2. The smallest absolute Gasteiger partial charge is 0.130 e. The summed E-state index contributed by atoms with van der Waals surface area (Å²) in [6.45, 7) is 0. The highest BCUT2D eigenvalue weighted by Gasteiger charge is 2.26. The van der Waals surface area contributed by atoms with E-state index in [2.05, 4.69) is 356 Å². The van der Waals surface area contributed by atoms with E-state index in [0.29, 0.717) is 0 Å². The van der Waals surface area contributed by atoms with Crippen LogP contribution >= 0.6 is 11.7 Å². The first kappa shape index (κ1) is 51.1. The quantitative estimate of drug-likeness (QED) is 0.108. The zero-order valence-corrected chi connectivity index (χ0v) is 48.0. The van der Waals surface area contributed by atoms with Gasteiger partial charge in [0.05, 0.1) is 45.2 Å². The Morgan fingerprint density at radius 3 is 0.598 bits per heavy atom. The molecular weight excluding hydrogens is 1080 g/mol. The van der Waals surface area contributed by atoms with E-state index in [4.69, 9.17) is 8.75 Å². The van der Waals surface area contributed by atoms with Crippen LogP contribution in [0.15, 0.2) is 328 Å². The molecule has 412 valence electrons. The molecule has 3 heterocycles. The highest BCUT2D eigenvalue weighted by Crippen LogP contribution is 2.47. The molecule has 0 aliphatic heterocycles. The Morgan fingerprint density at radius 1 is 0.207 bits per heavy atom. The predicted octanol–water partition coefficient (Wildman–Crippen LogP) is 21.8. The molecule has 3 aromatic heterocycles. The molecule has 13 aromatic carbocycles. The van der Waals surface area contributed by atoms with Crippen LogP contribution in [0.3, 0.4) is 0 Å². The minimum atomic E-state index is 0.797. The largest absolute Gasteiger partial charge is 0.310 e. The van der Waals surface area contributed by atoms with E-state index in [-0.39, 0.29) is 0 Å². The molecule has 0 radical (unpaired) electrons. The summed E-state index contributed by atoms with van der Waals surface area (Å²) in [6, 6.07) is 117. The van der Waals surface area contributed by atoms with Gasteiger partial charge in [-0.25, -0.2) is 0 Å². The Hall–Kier alpha value is -11.5. The summed E-state index contributed by atoms with van der Waals surface area (Å²) in [7, 11) is 0. The Labute approximate surface area is 508 Å². The number of hydrogen-bond donors (Lipinski definition) is 0. The maximum atomic E-state index is 5.33. The fourth-order valence-electron chi connectivity index (χ4n) is 12.7. The number of fused-ring (bicyclic) bond motifs is 7. The van der Waals surface area contributed by atoms with Crippen molar-refractivity contribution in [2.24, 2.45) is 0 Å². The van der Waals surface area contributed by atoms with Crippen molar-refractivity contribution in [3.05, 3.63) is 328 Å². The molecule has 0 fully saturated rings. The molecule has 87 heavy (non-hydrogen) atoms. The summed E-state index contributed by atoms with van der Waals surface area (Å²) in [5, 5.41) is 4.49. The van der Waals surface area contributed by atoms with Crippen LogP contribution in [0.4, 0.5) is 68.2 Å². The number of rotatable bonds is 14. The van der Waals surface area contributed by atoms with E-state index in [0.717, 1.165) is 134 Å². The first-order chi connectivity index (χ1) is 43.2. The SMILES string of the molecule is c1ccc(N(c2ccccc2)c2ccc3c4ccc(N(c5ccccc5)c5ccccc5)cc4n(-c4ccc(-n5c6cc(N(c7ccccc7)c7ccccc7)ccc6c6ccc(N(c7ccccc7)c7ccccc7)cc65)c5nsnc45)c3c2)cc1. The van der Waals surface area contributed by atoms with Gasteiger partial charge in [-0.3, -0.25) is 0 Å². The zero-order valence-electron chi connectivity index (χ0n) is 47.2. The second-order valence-corrected chi connectivity index (χ2v) is 22.1. The van der Waals surface area contributed by atoms with E-state index in [1.165, 1.54) is 11.7 Å². The molecule has 0 spiro atoms. The highest BCUT2D eigenvalue weighted by molar-refractivity contribution is 7.00. The van der Waals surface area contributed by atoms with Crippen molar-refractivity contribution in [1.29, 1.82) is 0 Å². The van der Waals surface area contributed by atoms with Crippen LogP contribution in [-0.2, 0) is 0 Å². The molecule has 9 heteroatoms. The Kier molecular flexibility index (Phi) is 12.9. The van der Waals surface area contributed by atoms with Gasteiger partial charge in [0.1, 0.15) is 11.0 Å². The van der Waals surface area contributed by atoms with Crippen LogP contribution in [0.25, 0.3) is 66.0 Å². The molecule has 16 rings (SSSR count). The lowest BCUT2D eigenvalue weighted by molar-refractivity contribution is 1.16. The van der Waals surface area contributed by atoms with Gasteiger partial charge < -0.3 is 28.7 Å². The van der Waals surface area contributed by atoms with Crippen LogP contribution in [0, 0.1) is 0 Å². The lowest BCUT2D eigenvalue weighted by Crippen LogP contribution is -2.10. The summed E-state index contributed by atoms with van der Waals surface area (Å²) in [6.07, 6.45) is 0. The normalized spacial score (nSPS) is 11.4. The third kappa shape index (κ3) is 9.09. The van der Waals surface area contributed by atoms with Gasteiger partial charge in [0.2, 0.25) is 0 Å². The number of hydrogen-bond acceptors (Lipinski definition) is 7. The van der Waals surface area contributed by atoms with Gasteiger partial charge >= 0.3 is 0 Å². The van der Waals surface area contributed by atoms with Crippen molar-refractivity contribution >= 4 is 135 Å². The van der Waals surface area contributed by atoms with Crippen molar-refractivity contribution in [2.45, 2.75) is 0 Å². The average molecular weight is 1140 g/mol. The maximum Gasteiger partial charge on any atom is 0.130 e. The van der Waals surface area contributed by atoms with Gasteiger partial charge in [-0.2, -0.15) is 8.75 Å². The molecule has 8 nitrogen and oxygen atoms in total. The van der Waals surface area contributed by atoms with Crippen LogP contribution in [0.5, 0.6) is 0 Å². The molecule has 0 unspecified atom stereocenters. The molecule has 0 atom stereocenters. The summed E-state index contributed by atoms with van der Waals surface area (Å²) < 4.78 is 15.5. The maximum absolute atomic E-state index is 5.33. The Balaban J connectivity index is 0.962.